The Hall–Kier alpha value is -7.68. The van der Waals surface area contributed by atoms with Gasteiger partial charge in [0.1, 0.15) is 54.4 Å². The van der Waals surface area contributed by atoms with Crippen molar-refractivity contribution in [1.29, 1.82) is 0 Å². The molecular weight excluding hydrogens is 1040 g/mol. The van der Waals surface area contributed by atoms with Crippen LogP contribution in [0.5, 0.6) is 0 Å². The Morgan fingerprint density at radius 2 is 0.840 bits per heavy atom. The number of nitrogens with one attached hydrogen (secondary N) is 7. The van der Waals surface area contributed by atoms with Crippen LogP contribution in [0.3, 0.4) is 0 Å². The first kappa shape index (κ1) is 65.8. The molecule has 81 heavy (non-hydrogen) atoms. The Bertz CT molecular complexity index is 2620. The van der Waals surface area contributed by atoms with Crippen LogP contribution in [-0.4, -0.2) is 167 Å². The van der Waals surface area contributed by atoms with Crippen molar-refractivity contribution in [3.8, 4) is 0 Å². The van der Waals surface area contributed by atoms with Crippen molar-refractivity contribution in [1.82, 2.24) is 51.9 Å². The molecule has 10 amide bonds. The van der Waals surface area contributed by atoms with E-state index < -0.39 is 126 Å². The summed E-state index contributed by atoms with van der Waals surface area (Å²) < 4.78 is 0. The van der Waals surface area contributed by atoms with Gasteiger partial charge in [0, 0.05) is 40.4 Å². The number of carbonyl (C=O) groups is 10. The van der Waals surface area contributed by atoms with Gasteiger partial charge in [0.2, 0.25) is 59.1 Å². The van der Waals surface area contributed by atoms with Crippen LogP contribution in [0.2, 0.25) is 0 Å². The van der Waals surface area contributed by atoms with Gasteiger partial charge < -0.3 is 57.0 Å². The van der Waals surface area contributed by atoms with E-state index in [0.717, 1.165) is 9.80 Å². The van der Waals surface area contributed by atoms with Crippen molar-refractivity contribution in [2.24, 2.45) is 17.8 Å². The fraction of sp³-hybridized carbons (Fsp3) is 0.533. The zero-order valence-corrected chi connectivity index (χ0v) is 49.0. The summed E-state index contributed by atoms with van der Waals surface area (Å²) in [7, 11) is 4.16. The summed E-state index contributed by atoms with van der Waals surface area (Å²) in [5.41, 5.74) is 2.00. The summed E-state index contributed by atoms with van der Waals surface area (Å²) >= 11 is 0. The number of amides is 10. The summed E-state index contributed by atoms with van der Waals surface area (Å²) in [5.74, 6) is -8.03. The predicted octanol–water partition coefficient (Wildman–Crippen LogP) is 1.79. The van der Waals surface area contributed by atoms with Gasteiger partial charge in [0.05, 0.1) is 12.6 Å². The first-order valence-corrected chi connectivity index (χ1v) is 27.9. The molecule has 1 aliphatic heterocycles. The molecule has 21 heteroatoms. The van der Waals surface area contributed by atoms with E-state index >= 15 is 0 Å². The predicted molar refractivity (Wildman–Crippen MR) is 306 cm³/mol. The normalized spacial score (nSPS) is 24.9. The summed E-state index contributed by atoms with van der Waals surface area (Å²) in [5, 5.41) is 29.8. The number of hydrogen-bond acceptors (Lipinski definition) is 11. The summed E-state index contributed by atoms with van der Waals surface area (Å²) in [6.07, 6.45) is -1.28. The standard InChI is InChI=1S/C60H86N10O11/c1-35(2)28-44-53(74)64-45(29-36(3)4)55(76)67-51(40(9)71)58(79)61-34-50(72)69(11)49(33-43-26-20-15-21-27-43)56(77)62-38(7)59(80)68(10)39(8)52(73)66-47(32-42-24-18-14-19-25-42)60(81)70(12)48(30-37(5)6)57(78)65-46(54(75)63-44)31-41-22-16-13-17-23-41/h13-27,35-40,44-49,51,71H,28-34H2,1-12H3,(H,61,79)(H,62,77)(H,63,75)(H,64,74)(H,65,78)(H,66,73)(H,67,76)/t38-,39+,40+,44-,45-,46-,47-,48-,49-,51-/m0/s1. The van der Waals surface area contributed by atoms with Crippen molar-refractivity contribution in [2.45, 2.75) is 161 Å². The highest BCUT2D eigenvalue weighted by molar-refractivity contribution is 5.99. The van der Waals surface area contributed by atoms with Crippen molar-refractivity contribution in [3.63, 3.8) is 0 Å². The maximum atomic E-state index is 14.9. The fourth-order valence-corrected chi connectivity index (χ4v) is 9.42. The van der Waals surface area contributed by atoms with E-state index in [1.165, 1.54) is 46.8 Å². The Kier molecular flexibility index (Phi) is 25.5. The molecule has 0 saturated carbocycles. The van der Waals surface area contributed by atoms with Crippen LogP contribution in [0.1, 0.15) is 98.3 Å². The minimum absolute atomic E-state index is 0.0134. The highest BCUT2D eigenvalue weighted by Gasteiger charge is 2.39. The highest BCUT2D eigenvalue weighted by Crippen LogP contribution is 2.18. The van der Waals surface area contributed by atoms with Crippen molar-refractivity contribution in [3.05, 3.63) is 108 Å². The molecule has 8 N–H and O–H groups in total. The third-order valence-electron chi connectivity index (χ3n) is 14.3. The molecule has 21 nitrogen and oxygen atoms in total. The van der Waals surface area contributed by atoms with Gasteiger partial charge in [-0.15, -0.1) is 0 Å². The maximum absolute atomic E-state index is 14.9. The van der Waals surface area contributed by atoms with Gasteiger partial charge in [0.25, 0.3) is 0 Å². The molecule has 1 saturated heterocycles. The van der Waals surface area contributed by atoms with Gasteiger partial charge in [-0.05, 0) is 74.5 Å². The minimum atomic E-state index is -1.63. The number of rotatable bonds is 13. The number of hydrogen-bond donors (Lipinski definition) is 8. The van der Waals surface area contributed by atoms with Crippen LogP contribution in [0.4, 0.5) is 0 Å². The fourth-order valence-electron chi connectivity index (χ4n) is 9.42. The zero-order chi connectivity index (χ0) is 60.2. The molecule has 0 aliphatic carbocycles. The molecule has 442 valence electrons. The van der Waals surface area contributed by atoms with Crippen LogP contribution in [-0.2, 0) is 67.2 Å². The molecule has 1 aliphatic rings. The monoisotopic (exact) mass is 1120 g/mol. The summed E-state index contributed by atoms with van der Waals surface area (Å²) in [4.78, 5) is 147. The van der Waals surface area contributed by atoms with E-state index in [1.807, 2.05) is 41.5 Å². The second kappa shape index (κ2) is 31.4. The lowest BCUT2D eigenvalue weighted by Crippen LogP contribution is -2.62. The lowest BCUT2D eigenvalue weighted by atomic mass is 9.97. The molecule has 3 aromatic rings. The number of nitrogens with zero attached hydrogens (tertiary/aromatic N) is 3. The van der Waals surface area contributed by atoms with Crippen molar-refractivity contribution in [2.75, 3.05) is 27.7 Å². The molecule has 0 aromatic heterocycles. The highest BCUT2D eigenvalue weighted by atomic mass is 16.3. The SMILES string of the molecule is CC(C)C[C@@H]1NC(=O)[C@H](Cc2ccccc2)NC(=O)[C@H](CC(C)C)N(C)C(=O)[C@H](Cc2ccccc2)NC(=O)[C@@H](C)N(C)C(=O)[C@H](C)NC(=O)[C@H](Cc2ccccc2)N(C)C(=O)CNC(=O)[C@H]([C@@H](C)O)NC(=O)[C@H](CC(C)C)NC1=O. The average molecular weight is 1120 g/mol. The van der Waals surface area contributed by atoms with Gasteiger partial charge in [-0.2, -0.15) is 0 Å². The maximum Gasteiger partial charge on any atom is 0.245 e. The van der Waals surface area contributed by atoms with Gasteiger partial charge in [-0.25, -0.2) is 0 Å². The number of benzene rings is 3. The second-order valence-corrected chi connectivity index (χ2v) is 22.5. The molecule has 0 spiro atoms. The van der Waals surface area contributed by atoms with Crippen LogP contribution >= 0.6 is 0 Å². The van der Waals surface area contributed by atoms with E-state index in [4.69, 9.17) is 0 Å². The smallest absolute Gasteiger partial charge is 0.245 e. The molecular formula is C60H86N10O11. The lowest BCUT2D eigenvalue weighted by Gasteiger charge is -2.34. The second-order valence-electron chi connectivity index (χ2n) is 22.5. The van der Waals surface area contributed by atoms with Gasteiger partial charge in [0.15, 0.2) is 0 Å². The molecule has 0 radical (unpaired) electrons. The molecule has 3 aromatic carbocycles. The van der Waals surface area contributed by atoms with E-state index in [9.17, 15) is 53.1 Å². The average Bonchev–Trinajstić information content (AvgIpc) is 3.44. The Balaban J connectivity index is 1.84. The Morgan fingerprint density at radius 3 is 1.31 bits per heavy atom. The van der Waals surface area contributed by atoms with Gasteiger partial charge in [-0.3, -0.25) is 47.9 Å². The molecule has 1 heterocycles. The van der Waals surface area contributed by atoms with E-state index in [2.05, 4.69) is 37.2 Å². The number of aliphatic hydroxyl groups excluding tert-OH is 1. The molecule has 1 fully saturated rings. The number of aliphatic hydroxyl groups is 1. The van der Waals surface area contributed by atoms with Crippen LogP contribution < -0.4 is 37.2 Å². The Morgan fingerprint density at radius 1 is 0.432 bits per heavy atom. The largest absolute Gasteiger partial charge is 0.391 e. The van der Waals surface area contributed by atoms with E-state index in [-0.39, 0.29) is 56.3 Å². The minimum Gasteiger partial charge on any atom is -0.391 e. The van der Waals surface area contributed by atoms with Crippen LogP contribution in [0.15, 0.2) is 91.0 Å². The molecule has 10 atom stereocenters. The number of carbonyl (C=O) groups excluding carboxylic acids is 10. The summed E-state index contributed by atoms with van der Waals surface area (Å²) in [6, 6.07) is 14.9. The lowest BCUT2D eigenvalue weighted by molar-refractivity contribution is -0.145. The first-order chi connectivity index (χ1) is 38.2. The topological polar surface area (TPSA) is 285 Å². The quantitative estimate of drug-likeness (QED) is 0.122. The van der Waals surface area contributed by atoms with Crippen molar-refractivity contribution >= 4 is 59.1 Å². The van der Waals surface area contributed by atoms with E-state index in [0.29, 0.717) is 16.7 Å². The third-order valence-corrected chi connectivity index (χ3v) is 14.3. The van der Waals surface area contributed by atoms with Crippen molar-refractivity contribution < 1.29 is 53.1 Å². The molecule has 4 rings (SSSR count). The first-order valence-electron chi connectivity index (χ1n) is 27.9. The third kappa shape index (κ3) is 20.1. The Labute approximate surface area is 476 Å². The summed E-state index contributed by atoms with van der Waals surface area (Å²) in [6.45, 7) is 14.5. The van der Waals surface area contributed by atoms with Crippen LogP contribution in [0, 0.1) is 17.8 Å². The molecule has 0 bridgehead atoms. The molecule has 0 unspecified atom stereocenters. The zero-order valence-electron chi connectivity index (χ0n) is 49.0. The van der Waals surface area contributed by atoms with Gasteiger partial charge >= 0.3 is 0 Å². The van der Waals surface area contributed by atoms with E-state index in [1.54, 1.807) is 91.0 Å². The van der Waals surface area contributed by atoms with Crippen LogP contribution in [0.25, 0.3) is 0 Å². The van der Waals surface area contributed by atoms with Gasteiger partial charge in [-0.1, -0.05) is 133 Å². The number of likely N-dealkylation sites (N-methyl/N-ethyl adjacent to an activating group) is 3.